The number of aryl methyl sites for hydroxylation is 1. The van der Waals surface area contributed by atoms with Gasteiger partial charge in [0, 0.05) is 22.0 Å². The molecule has 0 aliphatic heterocycles. The predicted molar refractivity (Wildman–Crippen MR) is 113 cm³/mol. The van der Waals surface area contributed by atoms with Crippen LogP contribution in [0.1, 0.15) is 25.3 Å². The van der Waals surface area contributed by atoms with Crippen LogP contribution in [-0.4, -0.2) is 10.2 Å². The summed E-state index contributed by atoms with van der Waals surface area (Å²) in [6.45, 7) is 2.22. The predicted octanol–water partition coefficient (Wildman–Crippen LogP) is 6.38. The molecule has 3 aromatic carbocycles. The molecule has 1 N–H and O–H groups in total. The van der Waals surface area contributed by atoms with Crippen LogP contribution in [0.15, 0.2) is 78.9 Å². The summed E-state index contributed by atoms with van der Waals surface area (Å²) in [4.78, 5) is 0. The van der Waals surface area contributed by atoms with Crippen molar-refractivity contribution < 1.29 is 0 Å². The molecule has 0 fully saturated rings. The van der Waals surface area contributed by atoms with Crippen molar-refractivity contribution in [3.8, 4) is 11.3 Å². The van der Waals surface area contributed by atoms with E-state index < -0.39 is 0 Å². The molecule has 0 saturated heterocycles. The van der Waals surface area contributed by atoms with Gasteiger partial charge in [-0.2, -0.15) is 0 Å². The summed E-state index contributed by atoms with van der Waals surface area (Å²) in [5.41, 5.74) is 4.39. The Morgan fingerprint density at radius 3 is 2.19 bits per heavy atom. The number of hydrogen-bond donors (Lipinski definition) is 1. The van der Waals surface area contributed by atoms with Crippen LogP contribution in [0.4, 0.5) is 11.5 Å². The topological polar surface area (TPSA) is 37.8 Å². The van der Waals surface area contributed by atoms with E-state index in [1.807, 2.05) is 30.3 Å². The normalized spacial score (nSPS) is 10.9. The van der Waals surface area contributed by atoms with Gasteiger partial charge in [0.25, 0.3) is 0 Å². The Hall–Kier alpha value is -3.20. The second kappa shape index (κ2) is 8.00. The van der Waals surface area contributed by atoms with Crippen molar-refractivity contribution in [3.05, 3.63) is 84.4 Å². The minimum Gasteiger partial charge on any atom is -0.338 e. The zero-order chi connectivity index (χ0) is 18.5. The van der Waals surface area contributed by atoms with Crippen LogP contribution in [0.5, 0.6) is 0 Å². The largest absolute Gasteiger partial charge is 0.338 e. The maximum atomic E-state index is 4.52. The van der Waals surface area contributed by atoms with Gasteiger partial charge in [0.05, 0.1) is 0 Å². The number of aromatic nitrogens is 2. The number of unbranched alkanes of at least 4 members (excludes halogenated alkanes) is 1. The summed E-state index contributed by atoms with van der Waals surface area (Å²) < 4.78 is 0. The van der Waals surface area contributed by atoms with Gasteiger partial charge >= 0.3 is 0 Å². The summed E-state index contributed by atoms with van der Waals surface area (Å²) in [5.74, 6) is 0.784. The lowest BCUT2D eigenvalue weighted by Gasteiger charge is -2.11. The second-order valence-corrected chi connectivity index (χ2v) is 6.73. The number of benzene rings is 3. The molecule has 27 heavy (non-hydrogen) atoms. The number of nitrogens with zero attached hydrogens (tertiary/aromatic N) is 2. The van der Waals surface area contributed by atoms with E-state index in [1.54, 1.807) is 0 Å². The molecule has 4 rings (SSSR count). The molecule has 0 saturated carbocycles. The first-order chi connectivity index (χ1) is 13.3. The number of rotatable bonds is 6. The van der Waals surface area contributed by atoms with Crippen LogP contribution in [0.2, 0.25) is 0 Å². The van der Waals surface area contributed by atoms with E-state index in [9.17, 15) is 0 Å². The fraction of sp³-hybridized carbons (Fsp3) is 0.167. The maximum absolute atomic E-state index is 4.52. The minimum absolute atomic E-state index is 0.784. The number of fused-ring (bicyclic) bond motifs is 1. The SMILES string of the molecule is CCCCc1ccc(Nc2nnc(-c3ccccc3)c3ccccc23)cc1. The summed E-state index contributed by atoms with van der Waals surface area (Å²) >= 11 is 0. The van der Waals surface area contributed by atoms with Gasteiger partial charge in [0.1, 0.15) is 5.69 Å². The fourth-order valence-corrected chi connectivity index (χ4v) is 3.28. The highest BCUT2D eigenvalue weighted by Crippen LogP contribution is 2.30. The van der Waals surface area contributed by atoms with Crippen molar-refractivity contribution in [2.24, 2.45) is 0 Å². The van der Waals surface area contributed by atoms with Gasteiger partial charge in [-0.1, -0.05) is 80.1 Å². The van der Waals surface area contributed by atoms with E-state index in [2.05, 4.69) is 71.0 Å². The van der Waals surface area contributed by atoms with E-state index in [4.69, 9.17) is 0 Å². The molecular weight excluding hydrogens is 330 g/mol. The van der Waals surface area contributed by atoms with Crippen molar-refractivity contribution in [3.63, 3.8) is 0 Å². The van der Waals surface area contributed by atoms with Gasteiger partial charge in [-0.25, -0.2) is 0 Å². The first kappa shape index (κ1) is 17.2. The molecular formula is C24H23N3. The zero-order valence-corrected chi connectivity index (χ0v) is 15.5. The van der Waals surface area contributed by atoms with Gasteiger partial charge in [-0.15, -0.1) is 10.2 Å². The van der Waals surface area contributed by atoms with E-state index >= 15 is 0 Å². The average molecular weight is 353 g/mol. The molecule has 1 aromatic heterocycles. The van der Waals surface area contributed by atoms with E-state index in [0.717, 1.165) is 40.0 Å². The Morgan fingerprint density at radius 1 is 0.741 bits per heavy atom. The van der Waals surface area contributed by atoms with Crippen LogP contribution >= 0.6 is 0 Å². The molecule has 0 unspecified atom stereocenters. The lowest BCUT2D eigenvalue weighted by molar-refractivity contribution is 0.795. The Labute approximate surface area is 160 Å². The third kappa shape index (κ3) is 3.82. The van der Waals surface area contributed by atoms with Gasteiger partial charge in [0.2, 0.25) is 0 Å². The minimum atomic E-state index is 0.784. The molecule has 4 aromatic rings. The molecule has 0 radical (unpaired) electrons. The summed E-state index contributed by atoms with van der Waals surface area (Å²) in [5, 5.41) is 14.6. The van der Waals surface area contributed by atoms with Gasteiger partial charge in [0.15, 0.2) is 5.82 Å². The quantitative estimate of drug-likeness (QED) is 0.437. The van der Waals surface area contributed by atoms with Crippen molar-refractivity contribution in [1.82, 2.24) is 10.2 Å². The molecule has 134 valence electrons. The van der Waals surface area contributed by atoms with Gasteiger partial charge in [-0.3, -0.25) is 0 Å². The van der Waals surface area contributed by atoms with Gasteiger partial charge in [-0.05, 0) is 30.5 Å². The van der Waals surface area contributed by atoms with Crippen molar-refractivity contribution in [2.45, 2.75) is 26.2 Å². The second-order valence-electron chi connectivity index (χ2n) is 6.73. The third-order valence-corrected chi connectivity index (χ3v) is 4.77. The molecule has 0 aliphatic rings. The molecule has 3 nitrogen and oxygen atoms in total. The third-order valence-electron chi connectivity index (χ3n) is 4.77. The number of hydrogen-bond acceptors (Lipinski definition) is 3. The van der Waals surface area contributed by atoms with Crippen LogP contribution in [0.25, 0.3) is 22.0 Å². The molecule has 3 heteroatoms. The van der Waals surface area contributed by atoms with Crippen LogP contribution in [-0.2, 0) is 6.42 Å². The van der Waals surface area contributed by atoms with Crippen LogP contribution < -0.4 is 5.32 Å². The van der Waals surface area contributed by atoms with Crippen molar-refractivity contribution in [1.29, 1.82) is 0 Å². The molecule has 1 heterocycles. The van der Waals surface area contributed by atoms with E-state index in [-0.39, 0.29) is 0 Å². The van der Waals surface area contributed by atoms with E-state index in [0.29, 0.717) is 0 Å². The summed E-state index contributed by atoms with van der Waals surface area (Å²) in [6, 6.07) is 27.1. The smallest absolute Gasteiger partial charge is 0.161 e. The van der Waals surface area contributed by atoms with E-state index in [1.165, 1.54) is 18.4 Å². The molecule has 0 bridgehead atoms. The average Bonchev–Trinajstić information content (AvgIpc) is 2.74. The lowest BCUT2D eigenvalue weighted by Crippen LogP contribution is -1.99. The fourth-order valence-electron chi connectivity index (χ4n) is 3.28. The highest BCUT2D eigenvalue weighted by Gasteiger charge is 2.10. The Balaban J connectivity index is 1.67. The Kier molecular flexibility index (Phi) is 5.10. The Morgan fingerprint density at radius 2 is 1.44 bits per heavy atom. The first-order valence-electron chi connectivity index (χ1n) is 9.52. The summed E-state index contributed by atoms with van der Waals surface area (Å²) in [7, 11) is 0. The Bertz CT molecular complexity index is 1020. The highest BCUT2D eigenvalue weighted by atomic mass is 15.2. The number of anilines is 2. The monoisotopic (exact) mass is 353 g/mol. The number of nitrogens with one attached hydrogen (secondary N) is 1. The highest BCUT2D eigenvalue weighted by molar-refractivity contribution is 6.00. The van der Waals surface area contributed by atoms with Crippen LogP contribution in [0.3, 0.4) is 0 Å². The summed E-state index contributed by atoms with van der Waals surface area (Å²) in [6.07, 6.45) is 3.57. The standard InChI is InChI=1S/C24H23N3/c1-2-3-9-18-14-16-20(17-15-18)25-24-22-13-8-7-12-21(22)23(26-27-24)19-10-5-4-6-11-19/h4-8,10-17H,2-3,9H2,1H3,(H,25,27). The maximum Gasteiger partial charge on any atom is 0.161 e. The molecule has 0 amide bonds. The van der Waals surface area contributed by atoms with Crippen LogP contribution in [0, 0.1) is 0 Å². The molecule has 0 aliphatic carbocycles. The van der Waals surface area contributed by atoms with Crippen molar-refractivity contribution >= 4 is 22.3 Å². The van der Waals surface area contributed by atoms with Gasteiger partial charge < -0.3 is 5.32 Å². The van der Waals surface area contributed by atoms with Crippen molar-refractivity contribution in [2.75, 3.05) is 5.32 Å². The lowest BCUT2D eigenvalue weighted by atomic mass is 10.0. The molecule has 0 atom stereocenters. The first-order valence-corrected chi connectivity index (χ1v) is 9.52. The molecule has 0 spiro atoms. The zero-order valence-electron chi connectivity index (χ0n) is 15.5.